The minimum atomic E-state index is -0.00107. The van der Waals surface area contributed by atoms with E-state index in [1.807, 2.05) is 30.3 Å². The van der Waals surface area contributed by atoms with Crippen molar-refractivity contribution in [2.75, 3.05) is 0 Å². The fraction of sp³-hybridized carbons (Fsp3) is 0.312. The van der Waals surface area contributed by atoms with Gasteiger partial charge < -0.3 is 4.42 Å². The predicted molar refractivity (Wildman–Crippen MR) is 78.3 cm³/mol. The lowest BCUT2D eigenvalue weighted by atomic mass is 9.77. The Morgan fingerprint density at radius 2 is 1.84 bits per heavy atom. The molecule has 3 rings (SSSR count). The molecule has 19 heavy (non-hydrogen) atoms. The molecule has 0 aliphatic heterocycles. The van der Waals surface area contributed by atoms with Gasteiger partial charge in [-0.25, -0.2) is 0 Å². The topological polar surface area (TPSA) is 30.2 Å². The summed E-state index contributed by atoms with van der Waals surface area (Å²) in [6.45, 7) is 4.21. The summed E-state index contributed by atoms with van der Waals surface area (Å²) in [5.74, 6) is 1.81. The Morgan fingerprint density at radius 1 is 1.16 bits per heavy atom. The molecule has 0 unspecified atom stereocenters. The smallest absolute Gasteiger partial charge is 0.166 e. The van der Waals surface area contributed by atoms with Crippen LogP contribution in [0.4, 0.5) is 0 Å². The highest BCUT2D eigenvalue weighted by atomic mass is 79.9. The van der Waals surface area contributed by atoms with Crippen molar-refractivity contribution in [3.8, 4) is 11.3 Å². The van der Waals surface area contributed by atoms with Crippen LogP contribution in [0.3, 0.4) is 0 Å². The second kappa shape index (κ2) is 4.34. The van der Waals surface area contributed by atoms with Gasteiger partial charge in [0.2, 0.25) is 0 Å². The van der Waals surface area contributed by atoms with E-state index in [-0.39, 0.29) is 11.2 Å². The average molecular weight is 319 g/mol. The first-order valence-electron chi connectivity index (χ1n) is 6.36. The first-order valence-corrected chi connectivity index (χ1v) is 7.16. The van der Waals surface area contributed by atoms with Crippen LogP contribution in [-0.4, -0.2) is 5.78 Å². The first-order chi connectivity index (χ1) is 8.94. The lowest BCUT2D eigenvalue weighted by Crippen LogP contribution is -2.25. The molecule has 1 aliphatic rings. The summed E-state index contributed by atoms with van der Waals surface area (Å²) >= 11 is 3.41. The number of furan rings is 1. The number of fused-ring (bicyclic) bond motifs is 1. The number of hydrogen-bond acceptors (Lipinski definition) is 2. The molecule has 0 saturated heterocycles. The van der Waals surface area contributed by atoms with E-state index in [9.17, 15) is 4.79 Å². The summed E-state index contributed by atoms with van der Waals surface area (Å²) in [6, 6.07) is 9.81. The van der Waals surface area contributed by atoms with E-state index in [1.54, 1.807) is 0 Å². The Balaban J connectivity index is 2.03. The van der Waals surface area contributed by atoms with Crippen LogP contribution in [0, 0.1) is 5.41 Å². The van der Waals surface area contributed by atoms with Crippen molar-refractivity contribution < 1.29 is 9.21 Å². The van der Waals surface area contributed by atoms with E-state index in [0.29, 0.717) is 6.42 Å². The van der Waals surface area contributed by atoms with Crippen LogP contribution in [0.25, 0.3) is 11.3 Å². The molecule has 0 saturated carbocycles. The molecule has 0 radical (unpaired) electrons. The molecule has 0 bridgehead atoms. The van der Waals surface area contributed by atoms with Gasteiger partial charge in [-0.1, -0.05) is 41.9 Å². The quantitative estimate of drug-likeness (QED) is 0.751. The van der Waals surface area contributed by atoms with Gasteiger partial charge in [0.15, 0.2) is 5.78 Å². The van der Waals surface area contributed by atoms with Crippen molar-refractivity contribution in [3.63, 3.8) is 0 Å². The Bertz CT molecular complexity index is 635. The second-order valence-corrected chi connectivity index (χ2v) is 6.81. The van der Waals surface area contributed by atoms with E-state index < -0.39 is 0 Å². The maximum atomic E-state index is 12.1. The normalized spacial score (nSPS) is 17.3. The number of rotatable bonds is 1. The van der Waals surface area contributed by atoms with Gasteiger partial charge >= 0.3 is 0 Å². The summed E-state index contributed by atoms with van der Waals surface area (Å²) in [7, 11) is 0. The molecular weight excluding hydrogens is 304 g/mol. The molecule has 0 fully saturated rings. The van der Waals surface area contributed by atoms with Gasteiger partial charge in [0, 0.05) is 22.9 Å². The van der Waals surface area contributed by atoms with Crippen LogP contribution in [0.2, 0.25) is 0 Å². The highest BCUT2D eigenvalue weighted by Gasteiger charge is 2.34. The fourth-order valence-electron chi connectivity index (χ4n) is 2.58. The molecule has 1 heterocycles. The maximum absolute atomic E-state index is 12.1. The molecule has 2 aromatic rings. The zero-order valence-electron chi connectivity index (χ0n) is 11.0. The summed E-state index contributed by atoms with van der Waals surface area (Å²) in [6.07, 6.45) is 1.42. The van der Waals surface area contributed by atoms with E-state index in [1.165, 1.54) is 0 Å². The Morgan fingerprint density at radius 3 is 2.53 bits per heavy atom. The lowest BCUT2D eigenvalue weighted by Gasteiger charge is -2.26. The van der Waals surface area contributed by atoms with Gasteiger partial charge in [0.1, 0.15) is 11.5 Å². The summed E-state index contributed by atoms with van der Waals surface area (Å²) in [5, 5.41) is 0. The third kappa shape index (κ3) is 2.39. The van der Waals surface area contributed by atoms with Crippen molar-refractivity contribution in [1.29, 1.82) is 0 Å². The predicted octanol–water partition coefficient (Wildman–Crippen LogP) is 4.86. The summed E-state index contributed by atoms with van der Waals surface area (Å²) in [5.41, 5.74) is 1.76. The van der Waals surface area contributed by atoms with Gasteiger partial charge in [-0.05, 0) is 23.6 Å². The summed E-state index contributed by atoms with van der Waals surface area (Å²) in [4.78, 5) is 12.1. The van der Waals surface area contributed by atoms with Crippen LogP contribution in [0.5, 0.6) is 0 Å². The SMILES string of the molecule is CC1(C)CC(=O)c2cc(-c3ccc(Br)cc3)oc2C1. The Hall–Kier alpha value is -1.35. The van der Waals surface area contributed by atoms with Gasteiger partial charge in [-0.3, -0.25) is 4.79 Å². The highest BCUT2D eigenvalue weighted by molar-refractivity contribution is 9.10. The number of halogens is 1. The zero-order valence-corrected chi connectivity index (χ0v) is 12.6. The van der Waals surface area contributed by atoms with Crippen LogP contribution < -0.4 is 0 Å². The minimum absolute atomic E-state index is 0.00107. The van der Waals surface area contributed by atoms with Crippen LogP contribution in [0.15, 0.2) is 39.2 Å². The number of carbonyl (C=O) groups is 1. The largest absolute Gasteiger partial charge is 0.460 e. The van der Waals surface area contributed by atoms with E-state index >= 15 is 0 Å². The van der Waals surface area contributed by atoms with E-state index in [0.717, 1.165) is 33.5 Å². The second-order valence-electron chi connectivity index (χ2n) is 5.90. The molecule has 0 amide bonds. The standard InChI is InChI=1S/C16H15BrO2/c1-16(2)8-13(18)12-7-14(19-15(12)9-16)10-3-5-11(17)6-4-10/h3-7H,8-9H2,1-2H3. The van der Waals surface area contributed by atoms with Gasteiger partial charge in [-0.15, -0.1) is 0 Å². The van der Waals surface area contributed by atoms with Crippen LogP contribution in [-0.2, 0) is 6.42 Å². The highest BCUT2D eigenvalue weighted by Crippen LogP contribution is 2.38. The van der Waals surface area contributed by atoms with E-state index in [4.69, 9.17) is 4.42 Å². The number of carbonyl (C=O) groups excluding carboxylic acids is 1. The van der Waals surface area contributed by atoms with E-state index in [2.05, 4.69) is 29.8 Å². The number of Topliss-reactive ketones (excluding diaryl/α,β-unsaturated/α-hetero) is 1. The Kier molecular flexibility index (Phi) is 2.90. The molecule has 0 N–H and O–H groups in total. The number of benzene rings is 1. The van der Waals surface area contributed by atoms with Crippen LogP contribution in [0.1, 0.15) is 36.4 Å². The molecule has 0 spiro atoms. The van der Waals surface area contributed by atoms with Crippen molar-refractivity contribution in [2.45, 2.75) is 26.7 Å². The third-order valence-electron chi connectivity index (χ3n) is 3.52. The van der Waals surface area contributed by atoms with Gasteiger partial charge in [0.05, 0.1) is 5.56 Å². The van der Waals surface area contributed by atoms with Crippen LogP contribution >= 0.6 is 15.9 Å². The molecule has 1 aromatic carbocycles. The first kappa shape index (κ1) is 12.7. The third-order valence-corrected chi connectivity index (χ3v) is 4.05. The van der Waals surface area contributed by atoms with Gasteiger partial charge in [0.25, 0.3) is 0 Å². The fourth-order valence-corrected chi connectivity index (χ4v) is 2.84. The lowest BCUT2D eigenvalue weighted by molar-refractivity contribution is 0.0904. The molecule has 1 aromatic heterocycles. The van der Waals surface area contributed by atoms with Crippen molar-refractivity contribution in [3.05, 3.63) is 46.1 Å². The van der Waals surface area contributed by atoms with Gasteiger partial charge in [-0.2, -0.15) is 0 Å². The molecule has 0 atom stereocenters. The molecule has 2 nitrogen and oxygen atoms in total. The monoisotopic (exact) mass is 318 g/mol. The summed E-state index contributed by atoms with van der Waals surface area (Å²) < 4.78 is 6.93. The maximum Gasteiger partial charge on any atom is 0.166 e. The molecule has 3 heteroatoms. The number of ketones is 1. The average Bonchev–Trinajstić information content (AvgIpc) is 2.72. The number of hydrogen-bond donors (Lipinski definition) is 0. The van der Waals surface area contributed by atoms with Crippen molar-refractivity contribution >= 4 is 21.7 Å². The Labute approximate surface area is 120 Å². The molecular formula is C16H15BrO2. The molecule has 1 aliphatic carbocycles. The van der Waals surface area contributed by atoms with Crippen molar-refractivity contribution in [1.82, 2.24) is 0 Å². The minimum Gasteiger partial charge on any atom is -0.460 e. The van der Waals surface area contributed by atoms with Crippen molar-refractivity contribution in [2.24, 2.45) is 5.41 Å². The zero-order chi connectivity index (χ0) is 13.6. The molecule has 98 valence electrons.